The Bertz CT molecular complexity index is 875. The quantitative estimate of drug-likeness (QED) is 0.731. The number of nitrogens with zero attached hydrogens (tertiary/aromatic N) is 3. The van der Waals surface area contributed by atoms with E-state index in [0.717, 1.165) is 25.7 Å². The molecule has 0 amide bonds. The van der Waals surface area contributed by atoms with Crippen LogP contribution in [0, 0.1) is 0 Å². The molecule has 2 unspecified atom stereocenters. The van der Waals surface area contributed by atoms with Crippen LogP contribution in [0.2, 0.25) is 5.02 Å². The van der Waals surface area contributed by atoms with E-state index in [1.54, 1.807) is 0 Å². The number of aromatic nitrogens is 3. The van der Waals surface area contributed by atoms with Gasteiger partial charge in [0, 0.05) is 6.20 Å². The van der Waals surface area contributed by atoms with Gasteiger partial charge in [0.2, 0.25) is 0 Å². The van der Waals surface area contributed by atoms with E-state index in [0.29, 0.717) is 5.39 Å². The molecule has 2 aromatic heterocycles. The molecule has 0 spiro atoms. The molecule has 9 nitrogen and oxygen atoms in total. The molecule has 0 aromatic carbocycles. The fourth-order valence-electron chi connectivity index (χ4n) is 3.74. The van der Waals surface area contributed by atoms with Gasteiger partial charge in [-0.05, 0) is 25.7 Å². The first-order valence-corrected chi connectivity index (χ1v) is 9.41. The highest BCUT2D eigenvalue weighted by Gasteiger charge is 2.49. The SMILES string of the molecule is Nc1ncnc2c1c(Cl)cn2[C@@H]1O[C@H](CO)C(OC(=O)OC2CCCC2)C1F. The number of fused-ring (bicyclic) bond motifs is 1. The fraction of sp³-hybridized carbons (Fsp3) is 0.588. The van der Waals surface area contributed by atoms with E-state index < -0.39 is 37.4 Å². The zero-order chi connectivity index (χ0) is 19.8. The van der Waals surface area contributed by atoms with E-state index >= 15 is 4.39 Å². The van der Waals surface area contributed by atoms with Crippen molar-refractivity contribution in [3.8, 4) is 0 Å². The van der Waals surface area contributed by atoms with Crippen LogP contribution in [-0.2, 0) is 14.2 Å². The lowest BCUT2D eigenvalue weighted by Crippen LogP contribution is -2.36. The lowest BCUT2D eigenvalue weighted by atomic mass is 10.1. The Balaban J connectivity index is 1.55. The van der Waals surface area contributed by atoms with Gasteiger partial charge in [-0.15, -0.1) is 0 Å². The van der Waals surface area contributed by atoms with Crippen molar-refractivity contribution in [3.05, 3.63) is 17.5 Å². The number of carbonyl (C=O) groups is 1. The Hall–Kier alpha value is -2.17. The summed E-state index contributed by atoms with van der Waals surface area (Å²) in [5, 5.41) is 10.2. The van der Waals surface area contributed by atoms with Gasteiger partial charge in [-0.1, -0.05) is 11.6 Å². The summed E-state index contributed by atoms with van der Waals surface area (Å²) in [6.45, 7) is -0.539. The van der Waals surface area contributed by atoms with Gasteiger partial charge in [-0.3, -0.25) is 0 Å². The molecule has 11 heteroatoms. The zero-order valence-electron chi connectivity index (χ0n) is 14.8. The minimum Gasteiger partial charge on any atom is -0.431 e. The number of hydrogen-bond acceptors (Lipinski definition) is 8. The first kappa shape index (κ1) is 19.2. The number of aliphatic hydroxyl groups is 1. The summed E-state index contributed by atoms with van der Waals surface area (Å²) >= 11 is 6.18. The Labute approximate surface area is 164 Å². The average Bonchev–Trinajstić information content (AvgIpc) is 3.36. The molecule has 1 aliphatic heterocycles. The predicted octanol–water partition coefficient (Wildman–Crippen LogP) is 2.36. The summed E-state index contributed by atoms with van der Waals surface area (Å²) in [5.74, 6) is 0.147. The molecule has 2 fully saturated rings. The summed E-state index contributed by atoms with van der Waals surface area (Å²) in [4.78, 5) is 20.0. The highest BCUT2D eigenvalue weighted by atomic mass is 35.5. The van der Waals surface area contributed by atoms with Crippen LogP contribution in [0.15, 0.2) is 12.5 Å². The zero-order valence-corrected chi connectivity index (χ0v) is 15.6. The topological polar surface area (TPSA) is 122 Å². The van der Waals surface area contributed by atoms with Crippen molar-refractivity contribution in [2.75, 3.05) is 12.3 Å². The Morgan fingerprint density at radius 1 is 1.39 bits per heavy atom. The van der Waals surface area contributed by atoms with Gasteiger partial charge in [0.1, 0.15) is 30.0 Å². The minimum absolute atomic E-state index is 0.147. The number of hydrogen-bond donors (Lipinski definition) is 2. The van der Waals surface area contributed by atoms with Crippen molar-refractivity contribution in [2.24, 2.45) is 0 Å². The van der Waals surface area contributed by atoms with Crippen molar-refractivity contribution in [2.45, 2.75) is 56.4 Å². The first-order chi connectivity index (χ1) is 13.5. The van der Waals surface area contributed by atoms with Crippen LogP contribution in [0.1, 0.15) is 31.9 Å². The van der Waals surface area contributed by atoms with Gasteiger partial charge in [0.05, 0.1) is 17.0 Å². The molecular weight excluding hydrogens is 395 g/mol. The van der Waals surface area contributed by atoms with Crippen molar-refractivity contribution in [1.82, 2.24) is 14.5 Å². The largest absolute Gasteiger partial charge is 0.509 e. The number of carbonyl (C=O) groups excluding carboxylic acids is 1. The molecule has 2 aromatic rings. The van der Waals surface area contributed by atoms with E-state index in [1.165, 1.54) is 17.1 Å². The van der Waals surface area contributed by atoms with Crippen molar-refractivity contribution in [3.63, 3.8) is 0 Å². The van der Waals surface area contributed by atoms with E-state index in [2.05, 4.69) is 9.97 Å². The predicted molar refractivity (Wildman–Crippen MR) is 96.5 cm³/mol. The lowest BCUT2D eigenvalue weighted by molar-refractivity contribution is -0.0600. The first-order valence-electron chi connectivity index (χ1n) is 9.03. The summed E-state index contributed by atoms with van der Waals surface area (Å²) in [5.41, 5.74) is 6.09. The summed E-state index contributed by atoms with van der Waals surface area (Å²) in [6, 6.07) is 0. The van der Waals surface area contributed by atoms with Gasteiger partial charge >= 0.3 is 6.16 Å². The average molecular weight is 415 g/mol. The summed E-state index contributed by atoms with van der Waals surface area (Å²) in [6.07, 6.45) is -0.466. The molecule has 28 heavy (non-hydrogen) atoms. The van der Waals surface area contributed by atoms with Gasteiger partial charge in [0.25, 0.3) is 0 Å². The fourth-order valence-corrected chi connectivity index (χ4v) is 4.03. The molecule has 3 heterocycles. The smallest absolute Gasteiger partial charge is 0.431 e. The number of rotatable bonds is 4. The lowest BCUT2D eigenvalue weighted by Gasteiger charge is -2.19. The highest BCUT2D eigenvalue weighted by molar-refractivity contribution is 6.36. The molecule has 3 N–H and O–H groups in total. The monoisotopic (exact) mass is 414 g/mol. The van der Waals surface area contributed by atoms with Gasteiger partial charge in [-0.2, -0.15) is 0 Å². The van der Waals surface area contributed by atoms with Crippen molar-refractivity contribution < 1.29 is 28.5 Å². The molecule has 1 saturated heterocycles. The number of nitrogens with two attached hydrogens (primary N) is 1. The normalized spacial score (nSPS) is 28.1. The van der Waals surface area contributed by atoms with Gasteiger partial charge in [0.15, 0.2) is 18.5 Å². The van der Waals surface area contributed by atoms with Crippen LogP contribution >= 0.6 is 11.6 Å². The molecule has 1 aliphatic carbocycles. The number of alkyl halides is 1. The van der Waals surface area contributed by atoms with Crippen LogP contribution in [0.5, 0.6) is 0 Å². The second-order valence-electron chi connectivity index (χ2n) is 6.89. The number of halogens is 2. The van der Waals surface area contributed by atoms with Gasteiger partial charge < -0.3 is 29.6 Å². The maximum Gasteiger partial charge on any atom is 0.509 e. The molecule has 1 saturated carbocycles. The van der Waals surface area contributed by atoms with E-state index in [-0.39, 0.29) is 22.6 Å². The molecule has 2 aliphatic rings. The molecule has 152 valence electrons. The second kappa shape index (κ2) is 7.69. The standard InChI is InChI=1S/C17H20ClFN4O5/c18-9-5-23(15-11(9)14(20)21-7-22-15)16-12(19)13(10(6-24)27-16)28-17(25)26-8-3-1-2-4-8/h5,7-8,10,12-13,16,24H,1-4,6H2,(H2,20,21,22)/t10-,12?,13?,16-/m1/s1. The highest BCUT2D eigenvalue weighted by Crippen LogP contribution is 2.38. The third kappa shape index (κ3) is 3.36. The van der Waals surface area contributed by atoms with E-state index in [4.69, 9.17) is 31.5 Å². The Morgan fingerprint density at radius 2 is 2.14 bits per heavy atom. The summed E-state index contributed by atoms with van der Waals surface area (Å²) < 4.78 is 32.5. The number of aliphatic hydroxyl groups excluding tert-OH is 1. The molecule has 4 rings (SSSR count). The third-order valence-electron chi connectivity index (χ3n) is 5.11. The number of nitrogen functional groups attached to an aromatic ring is 1. The maximum atomic E-state index is 15.2. The number of ether oxygens (including phenoxy) is 3. The van der Waals surface area contributed by atoms with E-state index in [1.807, 2.05) is 0 Å². The van der Waals surface area contributed by atoms with Crippen LogP contribution in [0.3, 0.4) is 0 Å². The maximum absolute atomic E-state index is 15.2. The van der Waals surface area contributed by atoms with Gasteiger partial charge in [-0.25, -0.2) is 19.2 Å². The van der Waals surface area contributed by atoms with Crippen LogP contribution in [-0.4, -0.2) is 56.9 Å². The van der Waals surface area contributed by atoms with Crippen molar-refractivity contribution in [1.29, 1.82) is 0 Å². The molecule has 4 atom stereocenters. The van der Waals surface area contributed by atoms with Crippen LogP contribution in [0.4, 0.5) is 15.0 Å². The second-order valence-corrected chi connectivity index (χ2v) is 7.30. The molecule has 0 radical (unpaired) electrons. The Morgan fingerprint density at radius 3 is 2.86 bits per heavy atom. The van der Waals surface area contributed by atoms with Crippen LogP contribution in [0.25, 0.3) is 11.0 Å². The van der Waals surface area contributed by atoms with Crippen LogP contribution < -0.4 is 5.73 Å². The number of anilines is 1. The van der Waals surface area contributed by atoms with Crippen molar-refractivity contribution >= 4 is 34.6 Å². The van der Waals surface area contributed by atoms with E-state index in [9.17, 15) is 9.90 Å². The summed E-state index contributed by atoms with van der Waals surface area (Å²) in [7, 11) is 0. The third-order valence-corrected chi connectivity index (χ3v) is 5.40. The molecular formula is C17H20ClFN4O5. The minimum atomic E-state index is -1.78. The Kier molecular flexibility index (Phi) is 5.26. The molecule has 0 bridgehead atoms.